The van der Waals surface area contributed by atoms with Crippen molar-refractivity contribution in [2.24, 2.45) is 0 Å². The summed E-state index contributed by atoms with van der Waals surface area (Å²) in [4.78, 5) is 10.2. The van der Waals surface area contributed by atoms with Gasteiger partial charge in [-0.25, -0.2) is 9.97 Å². The van der Waals surface area contributed by atoms with Crippen molar-refractivity contribution in [1.82, 2.24) is 9.97 Å². The van der Waals surface area contributed by atoms with E-state index >= 15 is 0 Å². The topological polar surface area (TPSA) is 29.0 Å². The first-order chi connectivity index (χ1) is 7.16. The molecule has 1 aromatic rings. The Morgan fingerprint density at radius 1 is 1.40 bits per heavy atom. The summed E-state index contributed by atoms with van der Waals surface area (Å²) in [6.45, 7) is 3.18. The van der Waals surface area contributed by atoms with Crippen LogP contribution in [0.15, 0.2) is 10.8 Å². The average molecular weight is 293 g/mol. The third kappa shape index (κ3) is 3.61. The van der Waals surface area contributed by atoms with Gasteiger partial charge in [-0.3, -0.25) is 0 Å². The summed E-state index contributed by atoms with van der Waals surface area (Å²) in [5.41, 5.74) is 0. The molecule has 5 heteroatoms. The summed E-state index contributed by atoms with van der Waals surface area (Å²) in [7, 11) is 2.01. The lowest BCUT2D eigenvalue weighted by Gasteiger charge is -2.19. The van der Waals surface area contributed by atoms with Gasteiger partial charge < -0.3 is 4.90 Å². The molecular weight excluding hydrogens is 277 g/mol. The number of nitrogens with zero attached hydrogens (tertiary/aromatic N) is 3. The van der Waals surface area contributed by atoms with Crippen molar-refractivity contribution in [2.45, 2.75) is 26.2 Å². The molecule has 0 fully saturated rings. The first-order valence-corrected chi connectivity index (χ1v) is 6.21. The zero-order valence-electron chi connectivity index (χ0n) is 9.00. The number of rotatable bonds is 5. The van der Waals surface area contributed by atoms with Gasteiger partial charge in [0.25, 0.3) is 0 Å². The lowest BCUT2D eigenvalue weighted by Crippen LogP contribution is -2.20. The van der Waals surface area contributed by atoms with E-state index in [2.05, 4.69) is 37.7 Å². The standard InChI is InChI=1S/C10H15BrClN3/c1-3-4-5-6-15(2)10-8(11)9(12)13-7-14-10/h7H,3-6H2,1-2H3. The first kappa shape index (κ1) is 12.7. The van der Waals surface area contributed by atoms with E-state index in [1.165, 1.54) is 25.6 Å². The molecule has 1 aromatic heterocycles. The van der Waals surface area contributed by atoms with E-state index in [0.717, 1.165) is 16.8 Å². The third-order valence-corrected chi connectivity index (χ3v) is 3.43. The molecule has 0 aliphatic heterocycles. The Labute approximate surface area is 104 Å². The van der Waals surface area contributed by atoms with E-state index in [1.54, 1.807) is 0 Å². The highest BCUT2D eigenvalue weighted by Gasteiger charge is 2.10. The molecule has 0 saturated heterocycles. The maximum atomic E-state index is 5.89. The molecule has 0 N–H and O–H groups in total. The highest BCUT2D eigenvalue weighted by Crippen LogP contribution is 2.28. The molecular formula is C10H15BrClN3. The lowest BCUT2D eigenvalue weighted by atomic mass is 10.2. The highest BCUT2D eigenvalue weighted by molar-refractivity contribution is 9.10. The number of halogens is 2. The molecule has 1 rings (SSSR count). The van der Waals surface area contributed by atoms with Gasteiger partial charge in [-0.15, -0.1) is 0 Å². The van der Waals surface area contributed by atoms with Crippen LogP contribution in [0.25, 0.3) is 0 Å². The maximum Gasteiger partial charge on any atom is 0.148 e. The number of anilines is 1. The van der Waals surface area contributed by atoms with Crippen LogP contribution in [0.3, 0.4) is 0 Å². The number of unbranched alkanes of at least 4 members (excludes halogenated alkanes) is 2. The van der Waals surface area contributed by atoms with E-state index in [-0.39, 0.29) is 0 Å². The fourth-order valence-electron chi connectivity index (χ4n) is 1.31. The Kier molecular flexibility index (Phi) is 5.32. The normalized spacial score (nSPS) is 10.4. The SMILES string of the molecule is CCCCCN(C)c1ncnc(Cl)c1Br. The van der Waals surface area contributed by atoms with E-state index in [0.29, 0.717) is 5.15 Å². The largest absolute Gasteiger partial charge is 0.359 e. The van der Waals surface area contributed by atoms with Crippen LogP contribution in [0, 0.1) is 0 Å². The van der Waals surface area contributed by atoms with E-state index < -0.39 is 0 Å². The molecule has 0 atom stereocenters. The minimum atomic E-state index is 0.461. The molecule has 0 radical (unpaired) electrons. The second kappa shape index (κ2) is 6.28. The van der Waals surface area contributed by atoms with Crippen LogP contribution in [0.5, 0.6) is 0 Å². The van der Waals surface area contributed by atoms with Gasteiger partial charge in [-0.2, -0.15) is 0 Å². The van der Waals surface area contributed by atoms with Crippen LogP contribution < -0.4 is 4.90 Å². The van der Waals surface area contributed by atoms with Crippen LogP contribution >= 0.6 is 27.5 Å². The van der Waals surface area contributed by atoms with Crippen LogP contribution in [-0.4, -0.2) is 23.6 Å². The van der Waals surface area contributed by atoms with Crippen molar-refractivity contribution in [3.8, 4) is 0 Å². The minimum absolute atomic E-state index is 0.461. The molecule has 15 heavy (non-hydrogen) atoms. The number of hydrogen-bond donors (Lipinski definition) is 0. The molecule has 1 heterocycles. The maximum absolute atomic E-state index is 5.89. The van der Waals surface area contributed by atoms with Gasteiger partial charge in [0.1, 0.15) is 17.3 Å². The Hall–Kier alpha value is -0.350. The van der Waals surface area contributed by atoms with Crippen molar-refractivity contribution in [2.75, 3.05) is 18.5 Å². The van der Waals surface area contributed by atoms with Gasteiger partial charge in [0, 0.05) is 13.6 Å². The average Bonchev–Trinajstić information content (AvgIpc) is 2.22. The molecule has 0 aliphatic carbocycles. The predicted octanol–water partition coefficient (Wildman–Crippen LogP) is 3.52. The smallest absolute Gasteiger partial charge is 0.148 e. The summed E-state index contributed by atoms with van der Waals surface area (Å²) in [5.74, 6) is 0.853. The Morgan fingerprint density at radius 2 is 2.13 bits per heavy atom. The zero-order valence-corrected chi connectivity index (χ0v) is 11.3. The van der Waals surface area contributed by atoms with Gasteiger partial charge in [-0.1, -0.05) is 31.4 Å². The molecule has 84 valence electrons. The second-order valence-corrected chi connectivity index (χ2v) is 4.58. The fourth-order valence-corrected chi connectivity index (χ4v) is 1.95. The third-order valence-electron chi connectivity index (χ3n) is 2.19. The van der Waals surface area contributed by atoms with E-state index in [4.69, 9.17) is 11.6 Å². The fraction of sp³-hybridized carbons (Fsp3) is 0.600. The first-order valence-electron chi connectivity index (χ1n) is 5.04. The van der Waals surface area contributed by atoms with Gasteiger partial charge in [0.15, 0.2) is 0 Å². The summed E-state index contributed by atoms with van der Waals surface area (Å²) in [5, 5.41) is 0.461. The Morgan fingerprint density at radius 3 is 2.80 bits per heavy atom. The van der Waals surface area contributed by atoms with Gasteiger partial charge >= 0.3 is 0 Å². The van der Waals surface area contributed by atoms with Crippen molar-refractivity contribution in [3.05, 3.63) is 16.0 Å². The minimum Gasteiger partial charge on any atom is -0.359 e. The number of hydrogen-bond acceptors (Lipinski definition) is 3. The molecule has 3 nitrogen and oxygen atoms in total. The van der Waals surface area contributed by atoms with Gasteiger partial charge in [0.2, 0.25) is 0 Å². The van der Waals surface area contributed by atoms with Crippen LogP contribution in [0.4, 0.5) is 5.82 Å². The van der Waals surface area contributed by atoms with Crippen molar-refractivity contribution >= 4 is 33.3 Å². The summed E-state index contributed by atoms with van der Waals surface area (Å²) >= 11 is 9.29. The van der Waals surface area contributed by atoms with Gasteiger partial charge in [0.05, 0.1) is 4.47 Å². The summed E-state index contributed by atoms with van der Waals surface area (Å²) in [6, 6.07) is 0. The van der Waals surface area contributed by atoms with Crippen molar-refractivity contribution in [1.29, 1.82) is 0 Å². The molecule has 0 saturated carbocycles. The lowest BCUT2D eigenvalue weighted by molar-refractivity contribution is 0.700. The Bertz CT molecular complexity index is 320. The van der Waals surface area contributed by atoms with E-state index in [1.807, 2.05) is 7.05 Å². The van der Waals surface area contributed by atoms with Crippen molar-refractivity contribution < 1.29 is 0 Å². The van der Waals surface area contributed by atoms with Crippen molar-refractivity contribution in [3.63, 3.8) is 0 Å². The molecule has 0 bridgehead atoms. The van der Waals surface area contributed by atoms with Crippen LogP contribution in [0.1, 0.15) is 26.2 Å². The summed E-state index contributed by atoms with van der Waals surface area (Å²) < 4.78 is 0.769. The number of aromatic nitrogens is 2. The monoisotopic (exact) mass is 291 g/mol. The predicted molar refractivity (Wildman–Crippen MR) is 67.5 cm³/mol. The second-order valence-electron chi connectivity index (χ2n) is 3.43. The molecule has 0 unspecified atom stereocenters. The summed E-state index contributed by atoms with van der Waals surface area (Å²) in [6.07, 6.45) is 5.11. The molecule has 0 aliphatic rings. The molecule has 0 aromatic carbocycles. The van der Waals surface area contributed by atoms with E-state index in [9.17, 15) is 0 Å². The Balaban J connectivity index is 2.65. The molecule has 0 amide bonds. The van der Waals surface area contributed by atoms with Crippen LogP contribution in [0.2, 0.25) is 5.15 Å². The molecule has 0 spiro atoms. The highest BCUT2D eigenvalue weighted by atomic mass is 79.9. The quantitative estimate of drug-likeness (QED) is 0.614. The zero-order chi connectivity index (χ0) is 11.3. The van der Waals surface area contributed by atoms with Crippen LogP contribution in [-0.2, 0) is 0 Å². The van der Waals surface area contributed by atoms with Gasteiger partial charge in [-0.05, 0) is 22.4 Å².